The smallest absolute Gasteiger partial charge is 0.338 e. The largest absolute Gasteiger partial charge is 0.463 e. The fourth-order valence-electron chi connectivity index (χ4n) is 5.91. The molecule has 16 nitrogen and oxygen atoms in total. The molecule has 5 rings (SSSR count). The maximum Gasteiger partial charge on any atom is 0.338 e. The van der Waals surface area contributed by atoms with Gasteiger partial charge < -0.3 is 47.7 Å². The quantitative estimate of drug-likeness (QED) is 0.113. The molecule has 2 saturated heterocycles. The van der Waals surface area contributed by atoms with Crippen molar-refractivity contribution in [2.75, 3.05) is 13.2 Å². The van der Waals surface area contributed by atoms with Crippen LogP contribution in [0.3, 0.4) is 0 Å². The molecule has 0 bridgehead atoms. The molecule has 3 aromatic rings. The molecule has 3 aromatic carbocycles. The molecule has 56 heavy (non-hydrogen) atoms. The summed E-state index contributed by atoms with van der Waals surface area (Å²) in [5, 5.41) is 11.4. The van der Waals surface area contributed by atoms with E-state index in [1.54, 1.807) is 54.6 Å². The highest BCUT2D eigenvalue weighted by atomic mass is 127. The van der Waals surface area contributed by atoms with Gasteiger partial charge in [-0.3, -0.25) is 14.4 Å². The van der Waals surface area contributed by atoms with Crippen LogP contribution >= 0.6 is 22.6 Å². The lowest BCUT2D eigenvalue weighted by Crippen LogP contribution is -2.63. The van der Waals surface area contributed by atoms with Gasteiger partial charge in [-0.25, -0.2) is 14.4 Å². The third kappa shape index (κ3) is 11.1. The van der Waals surface area contributed by atoms with Crippen LogP contribution in [0, 0.1) is 0 Å². The van der Waals surface area contributed by atoms with Crippen molar-refractivity contribution in [2.24, 2.45) is 0 Å². The SMILES string of the molecule is CC(=O)OC[C@H]1O[C@H](OC[C@H]2O[C@H](O)[C@H](OC(=O)c3ccccc3)[C@@H](OC(=O)c3ccccc3)[C@@H]2OC(=O)c2ccccc2)[C@@H](I)[C@@H](OC(C)=O)[C@H]1OC(C)=O. The van der Waals surface area contributed by atoms with Crippen molar-refractivity contribution in [3.05, 3.63) is 108 Å². The first-order valence-corrected chi connectivity index (χ1v) is 18.6. The number of benzene rings is 3. The normalized spacial score (nSPS) is 27.2. The van der Waals surface area contributed by atoms with Crippen molar-refractivity contribution in [1.29, 1.82) is 0 Å². The van der Waals surface area contributed by atoms with Crippen LogP contribution in [0.1, 0.15) is 51.8 Å². The number of rotatable bonds is 13. The molecule has 10 atom stereocenters. The molecule has 0 spiro atoms. The first kappa shape index (κ1) is 42.2. The number of carbonyl (C=O) groups is 6. The van der Waals surface area contributed by atoms with E-state index in [4.69, 9.17) is 42.6 Å². The van der Waals surface area contributed by atoms with E-state index in [-0.39, 0.29) is 16.7 Å². The van der Waals surface area contributed by atoms with E-state index < -0.39 is 108 Å². The summed E-state index contributed by atoms with van der Waals surface area (Å²) >= 11 is 1.88. The summed E-state index contributed by atoms with van der Waals surface area (Å²) in [7, 11) is 0. The zero-order chi connectivity index (χ0) is 40.4. The maximum atomic E-state index is 13.6. The molecule has 2 aliphatic rings. The summed E-state index contributed by atoms with van der Waals surface area (Å²) in [5.41, 5.74) is 0.321. The highest BCUT2D eigenvalue weighted by molar-refractivity contribution is 14.1. The molecule has 0 unspecified atom stereocenters. The molecular formula is C39H39IO16. The average molecular weight is 891 g/mol. The minimum Gasteiger partial charge on any atom is -0.463 e. The number of hydrogen-bond acceptors (Lipinski definition) is 16. The molecule has 2 aliphatic heterocycles. The third-order valence-corrected chi connectivity index (χ3v) is 9.72. The second kappa shape index (κ2) is 19.8. The number of hydrogen-bond donors (Lipinski definition) is 1. The number of carbonyl (C=O) groups excluding carboxylic acids is 6. The summed E-state index contributed by atoms with van der Waals surface area (Å²) in [6, 6.07) is 23.5. The highest BCUT2D eigenvalue weighted by Gasteiger charge is 2.54. The Bertz CT molecular complexity index is 1830. The number of halogens is 1. The van der Waals surface area contributed by atoms with E-state index in [0.717, 1.165) is 20.8 Å². The third-order valence-electron chi connectivity index (χ3n) is 8.42. The lowest BCUT2D eigenvalue weighted by atomic mass is 9.97. The van der Waals surface area contributed by atoms with E-state index in [2.05, 4.69) is 0 Å². The van der Waals surface area contributed by atoms with Crippen LogP contribution in [0.4, 0.5) is 0 Å². The van der Waals surface area contributed by atoms with Gasteiger partial charge in [-0.1, -0.05) is 77.2 Å². The minimum absolute atomic E-state index is 0.101. The molecule has 17 heteroatoms. The summed E-state index contributed by atoms with van der Waals surface area (Å²) in [5.74, 6) is -4.79. The Labute approximate surface area is 334 Å². The van der Waals surface area contributed by atoms with Gasteiger partial charge in [-0.05, 0) is 36.4 Å². The van der Waals surface area contributed by atoms with Crippen LogP contribution in [0.5, 0.6) is 0 Å². The molecule has 2 heterocycles. The predicted molar refractivity (Wildman–Crippen MR) is 198 cm³/mol. The Morgan fingerprint density at radius 3 is 1.41 bits per heavy atom. The topological polar surface area (TPSA) is 206 Å². The van der Waals surface area contributed by atoms with Gasteiger partial charge in [0.25, 0.3) is 0 Å². The summed E-state index contributed by atoms with van der Waals surface area (Å²) in [4.78, 5) is 76.5. The van der Waals surface area contributed by atoms with Gasteiger partial charge in [0.05, 0.1) is 23.3 Å². The zero-order valence-corrected chi connectivity index (χ0v) is 32.5. The van der Waals surface area contributed by atoms with Gasteiger partial charge in [0.1, 0.15) is 22.7 Å². The fourth-order valence-corrected chi connectivity index (χ4v) is 6.85. The lowest BCUT2D eigenvalue weighted by Gasteiger charge is -2.45. The van der Waals surface area contributed by atoms with Gasteiger partial charge in [0.2, 0.25) is 0 Å². The van der Waals surface area contributed by atoms with Crippen LogP contribution in [-0.2, 0) is 57.0 Å². The average Bonchev–Trinajstić information content (AvgIpc) is 3.18. The summed E-state index contributed by atoms with van der Waals surface area (Å²) in [6.45, 7) is 2.50. The van der Waals surface area contributed by atoms with Crippen LogP contribution < -0.4 is 0 Å². The fraction of sp³-hybridized carbons (Fsp3) is 0.385. The van der Waals surface area contributed by atoms with Crippen molar-refractivity contribution < 1.29 is 76.5 Å². The molecule has 2 fully saturated rings. The van der Waals surface area contributed by atoms with E-state index in [0.29, 0.717) is 0 Å². The first-order chi connectivity index (χ1) is 26.8. The lowest BCUT2D eigenvalue weighted by molar-refractivity contribution is -0.304. The maximum absolute atomic E-state index is 13.6. The number of aliphatic hydroxyl groups is 1. The molecule has 0 aliphatic carbocycles. The van der Waals surface area contributed by atoms with Gasteiger partial charge >= 0.3 is 35.8 Å². The van der Waals surface area contributed by atoms with Gasteiger partial charge in [-0.2, -0.15) is 0 Å². The van der Waals surface area contributed by atoms with Crippen LogP contribution in [-0.4, -0.2) is 113 Å². The number of ether oxygens (including phenoxy) is 9. The molecule has 0 radical (unpaired) electrons. The monoisotopic (exact) mass is 890 g/mol. The Hall–Kier alpha value is -4.95. The Morgan fingerprint density at radius 2 is 0.946 bits per heavy atom. The molecule has 0 aromatic heterocycles. The van der Waals surface area contributed by atoms with Crippen molar-refractivity contribution in [3.63, 3.8) is 0 Å². The number of aliphatic hydroxyl groups excluding tert-OH is 1. The molecule has 0 amide bonds. The Balaban J connectivity index is 1.48. The van der Waals surface area contributed by atoms with Crippen molar-refractivity contribution >= 4 is 58.4 Å². The van der Waals surface area contributed by atoms with Crippen LogP contribution in [0.25, 0.3) is 0 Å². The second-order valence-corrected chi connectivity index (χ2v) is 14.0. The zero-order valence-electron chi connectivity index (χ0n) is 30.3. The summed E-state index contributed by atoms with van der Waals surface area (Å²) < 4.78 is 50.9. The minimum atomic E-state index is -1.96. The van der Waals surface area contributed by atoms with E-state index in [1.165, 1.54) is 36.4 Å². The van der Waals surface area contributed by atoms with Crippen molar-refractivity contribution in [2.45, 2.75) is 80.0 Å². The second-order valence-electron chi connectivity index (χ2n) is 12.5. The molecular weight excluding hydrogens is 851 g/mol. The number of alkyl halides is 1. The standard InChI is InChI=1S/C39H39IO16/c1-21(41)48-19-28-30(50-22(2)42)32(51-23(3)43)29(40)39(53-28)49-20-27-31(54-35(44)24-13-7-4-8-14-24)33(55-36(45)25-15-9-5-10-16-25)34(38(47)52-27)56-37(46)26-17-11-6-12-18-26/h4-18,27-34,38-39,47H,19-20H2,1-3H3/t27-,28-,29+,30+,31-,32-,33+,34-,38+,39+/m1/s1. The Kier molecular flexibility index (Phi) is 14.9. The van der Waals surface area contributed by atoms with Gasteiger partial charge in [-0.15, -0.1) is 0 Å². The number of esters is 6. The van der Waals surface area contributed by atoms with Crippen LogP contribution in [0.15, 0.2) is 91.0 Å². The van der Waals surface area contributed by atoms with E-state index >= 15 is 0 Å². The molecule has 0 saturated carbocycles. The van der Waals surface area contributed by atoms with Gasteiger partial charge in [0, 0.05) is 20.8 Å². The van der Waals surface area contributed by atoms with E-state index in [1.807, 2.05) is 22.6 Å². The van der Waals surface area contributed by atoms with E-state index in [9.17, 15) is 33.9 Å². The highest BCUT2D eigenvalue weighted by Crippen LogP contribution is 2.34. The molecule has 1 N–H and O–H groups in total. The van der Waals surface area contributed by atoms with Gasteiger partial charge in [0.15, 0.2) is 43.1 Å². The van der Waals surface area contributed by atoms with Crippen molar-refractivity contribution in [1.82, 2.24) is 0 Å². The summed E-state index contributed by atoms with van der Waals surface area (Å²) in [6.07, 6.45) is -13.3. The molecule has 298 valence electrons. The Morgan fingerprint density at radius 1 is 0.536 bits per heavy atom. The van der Waals surface area contributed by atoms with Crippen molar-refractivity contribution in [3.8, 4) is 0 Å². The first-order valence-electron chi connectivity index (χ1n) is 17.3. The van der Waals surface area contributed by atoms with Crippen LogP contribution in [0.2, 0.25) is 0 Å². The predicted octanol–water partition coefficient (Wildman–Crippen LogP) is 3.35.